The minimum absolute atomic E-state index is 0.0344. The van der Waals surface area contributed by atoms with Crippen LogP contribution in [0.2, 0.25) is 0 Å². The summed E-state index contributed by atoms with van der Waals surface area (Å²) in [6.45, 7) is 1.21. The molecular weight excluding hydrogens is 348 g/mol. The van der Waals surface area contributed by atoms with Gasteiger partial charge in [-0.2, -0.15) is 0 Å². The van der Waals surface area contributed by atoms with Crippen LogP contribution >= 0.6 is 0 Å². The molecule has 0 amide bonds. The van der Waals surface area contributed by atoms with Crippen LogP contribution < -0.4 is 10.5 Å². The third-order valence-corrected chi connectivity index (χ3v) is 6.88. The molecule has 1 unspecified atom stereocenters. The van der Waals surface area contributed by atoms with Crippen LogP contribution in [0.3, 0.4) is 0 Å². The van der Waals surface area contributed by atoms with Gasteiger partial charge in [0.05, 0.1) is 6.61 Å². The van der Waals surface area contributed by atoms with Crippen molar-refractivity contribution in [3.8, 4) is 5.75 Å². The van der Waals surface area contributed by atoms with E-state index in [-0.39, 0.29) is 5.41 Å². The highest BCUT2D eigenvalue weighted by Crippen LogP contribution is 2.65. The summed E-state index contributed by atoms with van der Waals surface area (Å²) < 4.78 is 11.8. The fourth-order valence-corrected chi connectivity index (χ4v) is 4.85. The summed E-state index contributed by atoms with van der Waals surface area (Å²) in [6.07, 6.45) is 17.9. The Morgan fingerprint density at radius 3 is 2.68 bits per heavy atom. The topological polar surface area (TPSA) is 56.8 Å². The fourth-order valence-electron chi connectivity index (χ4n) is 4.85. The van der Waals surface area contributed by atoms with E-state index in [0.717, 1.165) is 24.2 Å². The van der Waals surface area contributed by atoms with Crippen LogP contribution in [0.4, 0.5) is 0 Å². The van der Waals surface area contributed by atoms with Gasteiger partial charge in [0.2, 0.25) is 0 Å². The monoisotopic (exact) mass is 372 g/mol. The lowest BCUT2D eigenvalue weighted by atomic mass is 9.74. The van der Waals surface area contributed by atoms with Crippen LogP contribution in [-0.4, -0.2) is 19.2 Å². The molecule has 1 aromatic carbocycles. The third-order valence-electron chi connectivity index (χ3n) is 6.88. The van der Waals surface area contributed by atoms with E-state index >= 15 is 0 Å². The molecule has 0 saturated heterocycles. The molecule has 3 aliphatic carbocycles. The Bertz CT molecular complexity index is 1010. The normalized spacial score (nSPS) is 35.2. The first-order chi connectivity index (χ1) is 13.7. The van der Waals surface area contributed by atoms with Gasteiger partial charge in [0.15, 0.2) is 0 Å². The van der Waals surface area contributed by atoms with Crippen LogP contribution in [0.1, 0.15) is 36.8 Å². The van der Waals surface area contributed by atoms with Gasteiger partial charge in [-0.15, -0.1) is 0 Å². The van der Waals surface area contributed by atoms with Crippen LogP contribution in [0.15, 0.2) is 65.2 Å². The van der Waals surface area contributed by atoms with Gasteiger partial charge in [0, 0.05) is 11.0 Å². The summed E-state index contributed by atoms with van der Waals surface area (Å²) in [5.74, 6) is 1.62. The number of hydrogen-bond acceptors (Lipinski definition) is 4. The lowest BCUT2D eigenvalue weighted by molar-refractivity contribution is 0.0871. The smallest absolute Gasteiger partial charge is 0.283 e. The van der Waals surface area contributed by atoms with Gasteiger partial charge in [-0.05, 0) is 60.4 Å². The quantitative estimate of drug-likeness (QED) is 0.844. The molecule has 1 atom stereocenters. The van der Waals surface area contributed by atoms with E-state index in [2.05, 4.69) is 54.7 Å². The summed E-state index contributed by atoms with van der Waals surface area (Å²) in [4.78, 5) is 4.84. The largest absolute Gasteiger partial charge is 0.493 e. The molecule has 2 spiro atoms. The molecule has 5 aliphatic rings. The van der Waals surface area contributed by atoms with Crippen molar-refractivity contribution in [1.29, 1.82) is 0 Å². The molecule has 2 heterocycles. The number of hydrogen-bond donors (Lipinski definition) is 1. The predicted molar refractivity (Wildman–Crippen MR) is 110 cm³/mol. The average molecular weight is 372 g/mol. The van der Waals surface area contributed by atoms with Gasteiger partial charge in [0.25, 0.3) is 6.02 Å². The van der Waals surface area contributed by atoms with E-state index in [0.29, 0.717) is 25.2 Å². The molecule has 1 aromatic rings. The highest BCUT2D eigenvalue weighted by atomic mass is 16.5. The Hall–Kier alpha value is -2.75. The molecule has 2 N–H and O–H groups in total. The van der Waals surface area contributed by atoms with E-state index in [1.807, 2.05) is 0 Å². The number of nitrogens with zero attached hydrogens (tertiary/aromatic N) is 1. The fraction of sp³-hybridized carbons (Fsp3) is 0.375. The molecule has 2 aliphatic heterocycles. The first-order valence-electron chi connectivity index (χ1n) is 10.2. The summed E-state index contributed by atoms with van der Waals surface area (Å²) in [5, 5.41) is 0. The highest BCUT2D eigenvalue weighted by Gasteiger charge is 2.66. The minimum Gasteiger partial charge on any atom is -0.493 e. The number of ether oxygens (including phenoxy) is 2. The molecule has 2 saturated carbocycles. The zero-order valence-electron chi connectivity index (χ0n) is 15.9. The lowest BCUT2D eigenvalue weighted by Crippen LogP contribution is -2.44. The molecule has 142 valence electrons. The van der Waals surface area contributed by atoms with Crippen molar-refractivity contribution in [2.75, 3.05) is 13.2 Å². The number of amidine groups is 1. The number of benzene rings is 1. The number of fused-ring (bicyclic) bond motifs is 3. The number of nitrogens with two attached hydrogens (primary N) is 1. The van der Waals surface area contributed by atoms with Crippen LogP contribution in [0.25, 0.3) is 5.57 Å². The SMILES string of the molecule is NC1=NC2(CO1)c1cc(C3=C/C=C/C=C/C(C4CC4)=C\3)ccc1OCC21CC1. The summed E-state index contributed by atoms with van der Waals surface area (Å²) in [6, 6.07) is 6.81. The van der Waals surface area contributed by atoms with Crippen molar-refractivity contribution < 1.29 is 9.47 Å². The van der Waals surface area contributed by atoms with Crippen molar-refractivity contribution in [1.82, 2.24) is 0 Å². The predicted octanol–water partition coefficient (Wildman–Crippen LogP) is 4.25. The Balaban J connectivity index is 1.47. The van der Waals surface area contributed by atoms with Gasteiger partial charge in [-0.25, -0.2) is 4.99 Å². The standard InChI is InChI=1S/C24H24N2O2/c25-22-26-24(15-28-22)20-13-19(8-9-21(20)27-14-23(24)10-11-23)18-5-3-1-2-4-17(12-18)16-6-7-16/h1-5,8-9,12-13,16H,6-7,10-11,14-15H2,(H2,25,26)/b2-1?,3-1+,4-2+,5-3?,17-4?,17-12+,18-5+,18-12?. The van der Waals surface area contributed by atoms with Crippen molar-refractivity contribution in [2.24, 2.45) is 22.1 Å². The maximum absolute atomic E-state index is 6.15. The summed E-state index contributed by atoms with van der Waals surface area (Å²) in [5.41, 5.74) is 10.6. The van der Waals surface area contributed by atoms with Gasteiger partial charge < -0.3 is 15.2 Å². The van der Waals surface area contributed by atoms with Gasteiger partial charge in [-0.1, -0.05) is 42.5 Å². The Morgan fingerprint density at radius 1 is 1.04 bits per heavy atom. The van der Waals surface area contributed by atoms with Gasteiger partial charge in [0.1, 0.15) is 17.9 Å². The summed E-state index contributed by atoms with van der Waals surface area (Å²) >= 11 is 0. The molecule has 2 fully saturated rings. The molecule has 0 radical (unpaired) electrons. The summed E-state index contributed by atoms with van der Waals surface area (Å²) in [7, 11) is 0. The first-order valence-corrected chi connectivity index (χ1v) is 10.2. The van der Waals surface area contributed by atoms with Crippen molar-refractivity contribution >= 4 is 11.6 Å². The van der Waals surface area contributed by atoms with Gasteiger partial charge >= 0.3 is 0 Å². The average Bonchev–Trinajstić information content (AvgIpc) is 3.60. The molecule has 4 nitrogen and oxygen atoms in total. The van der Waals surface area contributed by atoms with E-state index < -0.39 is 5.54 Å². The lowest BCUT2D eigenvalue weighted by Gasteiger charge is -2.39. The zero-order valence-corrected chi connectivity index (χ0v) is 15.9. The molecule has 28 heavy (non-hydrogen) atoms. The second-order valence-corrected chi connectivity index (χ2v) is 8.66. The number of rotatable bonds is 2. The Kier molecular flexibility index (Phi) is 3.26. The van der Waals surface area contributed by atoms with Crippen LogP contribution in [0.5, 0.6) is 5.75 Å². The molecule has 0 bridgehead atoms. The first kappa shape index (κ1) is 16.2. The van der Waals surface area contributed by atoms with Crippen molar-refractivity contribution in [3.05, 3.63) is 71.4 Å². The Labute approximate surface area is 165 Å². The third kappa shape index (κ3) is 2.33. The second-order valence-electron chi connectivity index (χ2n) is 8.66. The maximum atomic E-state index is 6.15. The molecule has 6 rings (SSSR count). The van der Waals surface area contributed by atoms with Crippen LogP contribution in [-0.2, 0) is 10.3 Å². The second kappa shape index (κ2) is 5.63. The number of allylic oxidation sites excluding steroid dienone is 8. The van der Waals surface area contributed by atoms with Crippen molar-refractivity contribution in [2.45, 2.75) is 31.2 Å². The van der Waals surface area contributed by atoms with Crippen molar-refractivity contribution in [3.63, 3.8) is 0 Å². The molecule has 4 heteroatoms. The minimum atomic E-state index is -0.401. The Morgan fingerprint density at radius 2 is 1.93 bits per heavy atom. The van der Waals surface area contributed by atoms with E-state index in [9.17, 15) is 0 Å². The van der Waals surface area contributed by atoms with E-state index in [1.54, 1.807) is 0 Å². The van der Waals surface area contributed by atoms with E-state index in [1.165, 1.54) is 29.6 Å². The molecule has 0 aromatic heterocycles. The van der Waals surface area contributed by atoms with Gasteiger partial charge in [-0.3, -0.25) is 0 Å². The number of aliphatic imine (C=N–C) groups is 1. The van der Waals surface area contributed by atoms with Crippen LogP contribution in [0, 0.1) is 11.3 Å². The zero-order chi connectivity index (χ0) is 18.8. The van der Waals surface area contributed by atoms with E-state index in [4.69, 9.17) is 20.2 Å². The maximum Gasteiger partial charge on any atom is 0.283 e. The molecular formula is C24H24N2O2. The highest BCUT2D eigenvalue weighted by molar-refractivity contribution is 5.79.